The summed E-state index contributed by atoms with van der Waals surface area (Å²) in [6.45, 7) is 1.71. The smallest absolute Gasteiger partial charge is 0.274 e. The SMILES string of the molecule is C=S(C)(=O)Nc1cncc(-c2cnc(N)c(C(=O)N[C@@H](C)c3nc4cccc(C#Cc5cnn(C)c5)c4c(=O)n3-c3ccccc3)n2)c1. The maximum Gasteiger partial charge on any atom is 0.274 e. The van der Waals surface area contributed by atoms with Crippen molar-refractivity contribution in [2.45, 2.75) is 13.0 Å². The van der Waals surface area contributed by atoms with Crippen molar-refractivity contribution in [3.8, 4) is 28.8 Å². The third-order valence-electron chi connectivity index (χ3n) is 7.10. The number of carbonyl (C=O) groups is 1. The summed E-state index contributed by atoms with van der Waals surface area (Å²) in [4.78, 5) is 45.6. The van der Waals surface area contributed by atoms with E-state index >= 15 is 0 Å². The molecule has 6 rings (SSSR count). The minimum atomic E-state index is -2.55. The van der Waals surface area contributed by atoms with Gasteiger partial charge in [0.15, 0.2) is 11.5 Å². The molecule has 2 atom stereocenters. The van der Waals surface area contributed by atoms with Crippen LogP contribution in [-0.4, -0.2) is 56.5 Å². The van der Waals surface area contributed by atoms with E-state index in [1.807, 2.05) is 18.2 Å². The Bertz CT molecular complexity index is 2430. The Labute approximate surface area is 276 Å². The summed E-state index contributed by atoms with van der Waals surface area (Å²) in [5.41, 5.74) is 9.10. The van der Waals surface area contributed by atoms with E-state index < -0.39 is 21.7 Å². The van der Waals surface area contributed by atoms with Crippen LogP contribution in [0.1, 0.15) is 40.4 Å². The Hall–Kier alpha value is -6.33. The zero-order valence-corrected chi connectivity index (χ0v) is 27.0. The molecule has 4 N–H and O–H groups in total. The first kappa shape index (κ1) is 31.6. The minimum Gasteiger partial charge on any atom is -0.382 e. The third kappa shape index (κ3) is 6.76. The molecule has 0 radical (unpaired) electrons. The molecule has 0 spiro atoms. The lowest BCUT2D eigenvalue weighted by atomic mass is 10.1. The number of nitrogens with one attached hydrogen (secondary N) is 2. The molecule has 0 aliphatic rings. The van der Waals surface area contributed by atoms with E-state index in [9.17, 15) is 13.8 Å². The van der Waals surface area contributed by atoms with Gasteiger partial charge in [0.2, 0.25) is 0 Å². The summed E-state index contributed by atoms with van der Waals surface area (Å²) in [5.74, 6) is 9.32. The quantitative estimate of drug-likeness (QED) is 0.172. The summed E-state index contributed by atoms with van der Waals surface area (Å²) in [6.07, 6.45) is 9.34. The molecular weight excluding hydrogens is 629 g/mol. The Kier molecular flexibility index (Phi) is 8.45. The van der Waals surface area contributed by atoms with E-state index in [4.69, 9.17) is 10.7 Å². The average Bonchev–Trinajstić information content (AvgIpc) is 3.48. The molecule has 4 aromatic heterocycles. The molecule has 1 unspecified atom stereocenters. The van der Waals surface area contributed by atoms with Gasteiger partial charge < -0.3 is 15.8 Å². The number of hydrogen-bond donors (Lipinski definition) is 3. The van der Waals surface area contributed by atoms with Crippen LogP contribution in [-0.2, 0) is 16.8 Å². The van der Waals surface area contributed by atoms with Crippen molar-refractivity contribution in [1.29, 1.82) is 0 Å². The fourth-order valence-electron chi connectivity index (χ4n) is 5.01. The van der Waals surface area contributed by atoms with Crippen LogP contribution in [0.3, 0.4) is 0 Å². The molecule has 14 heteroatoms. The number of para-hydroxylation sites is 1. The number of rotatable bonds is 7. The van der Waals surface area contributed by atoms with Crippen molar-refractivity contribution < 1.29 is 9.00 Å². The summed E-state index contributed by atoms with van der Waals surface area (Å²) in [7, 11) is -0.750. The molecule has 48 heavy (non-hydrogen) atoms. The number of benzene rings is 2. The third-order valence-corrected chi connectivity index (χ3v) is 7.77. The second-order valence-electron chi connectivity index (χ2n) is 11.1. The van der Waals surface area contributed by atoms with Crippen molar-refractivity contribution in [2.75, 3.05) is 16.7 Å². The first-order chi connectivity index (χ1) is 23.0. The lowest BCUT2D eigenvalue weighted by molar-refractivity contribution is 0.0933. The highest BCUT2D eigenvalue weighted by Crippen LogP contribution is 2.23. The van der Waals surface area contributed by atoms with E-state index in [-0.39, 0.29) is 22.9 Å². The Morgan fingerprint density at radius 3 is 2.56 bits per heavy atom. The fourth-order valence-corrected chi connectivity index (χ4v) is 5.62. The first-order valence-electron chi connectivity index (χ1n) is 14.6. The number of hydrogen-bond acceptors (Lipinski definition) is 9. The lowest BCUT2D eigenvalue weighted by Crippen LogP contribution is -2.34. The van der Waals surface area contributed by atoms with Crippen LogP contribution in [0, 0.1) is 11.8 Å². The molecule has 1 amide bonds. The topological polar surface area (TPSA) is 176 Å². The second kappa shape index (κ2) is 12.8. The highest BCUT2D eigenvalue weighted by molar-refractivity contribution is 8.00. The van der Waals surface area contributed by atoms with E-state index in [0.29, 0.717) is 44.7 Å². The number of aryl methyl sites for hydroxylation is 1. The minimum absolute atomic E-state index is 0.0937. The van der Waals surface area contributed by atoms with E-state index in [0.717, 1.165) is 0 Å². The Balaban J connectivity index is 1.38. The number of nitrogens with zero attached hydrogens (tertiary/aromatic N) is 7. The zero-order valence-electron chi connectivity index (χ0n) is 26.2. The summed E-state index contributed by atoms with van der Waals surface area (Å²) in [5, 5.41) is 7.37. The number of amides is 1. The Morgan fingerprint density at radius 1 is 1.04 bits per heavy atom. The van der Waals surface area contributed by atoms with Crippen LogP contribution < -0.4 is 21.3 Å². The standard InChI is InChI=1S/C34H30N10O3S/c1-21(39-33(45)30-31(35)37-19-28(40-30)24-15-25(18-36-17-24)42-48(3,4)47)32-41-27-12-8-9-23(14-13-22-16-38-43(2)20-22)29(27)34(46)44(32)26-10-6-5-7-11-26/h5-12,15-21H,3H2,1-2,4H3,(H2,35,37)(H,39,45)(H,42,47)/t21-,48?/m0/s1. The van der Waals surface area contributed by atoms with Gasteiger partial charge in [-0.3, -0.25) is 23.8 Å². The second-order valence-corrected chi connectivity index (χ2v) is 13.3. The van der Waals surface area contributed by atoms with E-state index in [2.05, 4.69) is 47.8 Å². The molecule has 0 aliphatic heterocycles. The van der Waals surface area contributed by atoms with Crippen molar-refractivity contribution in [3.63, 3.8) is 0 Å². The van der Waals surface area contributed by atoms with Crippen LogP contribution in [0.4, 0.5) is 11.5 Å². The van der Waals surface area contributed by atoms with Gasteiger partial charge in [-0.15, -0.1) is 0 Å². The van der Waals surface area contributed by atoms with Gasteiger partial charge in [0.05, 0.1) is 58.2 Å². The van der Waals surface area contributed by atoms with Gasteiger partial charge in [-0.1, -0.05) is 36.1 Å². The van der Waals surface area contributed by atoms with E-state index in [1.165, 1.54) is 29.4 Å². The number of carbonyl (C=O) groups excluding carboxylic acids is 1. The number of anilines is 2. The molecule has 6 aromatic rings. The molecule has 0 saturated heterocycles. The molecule has 4 heterocycles. The van der Waals surface area contributed by atoms with Gasteiger partial charge in [0.1, 0.15) is 5.82 Å². The predicted molar refractivity (Wildman–Crippen MR) is 187 cm³/mol. The van der Waals surface area contributed by atoms with Crippen LogP contribution >= 0.6 is 0 Å². The number of fused-ring (bicyclic) bond motifs is 1. The molecule has 2 aromatic carbocycles. The Morgan fingerprint density at radius 2 is 1.83 bits per heavy atom. The normalized spacial score (nSPS) is 12.8. The van der Waals surface area contributed by atoms with Crippen LogP contribution in [0.15, 0.2) is 90.4 Å². The number of pyridine rings is 1. The van der Waals surface area contributed by atoms with Crippen molar-refractivity contribution in [1.82, 2.24) is 39.6 Å². The number of nitrogens with two attached hydrogens (primary N) is 1. The van der Waals surface area contributed by atoms with Crippen molar-refractivity contribution >= 4 is 43.9 Å². The highest BCUT2D eigenvalue weighted by Gasteiger charge is 2.23. The molecule has 0 saturated carbocycles. The molecular formula is C34H30N10O3S. The molecule has 0 fully saturated rings. The van der Waals surface area contributed by atoms with E-state index in [1.54, 1.807) is 67.4 Å². The van der Waals surface area contributed by atoms with Crippen LogP contribution in [0.5, 0.6) is 0 Å². The first-order valence-corrected chi connectivity index (χ1v) is 16.7. The maximum atomic E-state index is 14.3. The predicted octanol–water partition coefficient (Wildman–Crippen LogP) is 3.12. The van der Waals surface area contributed by atoms with Gasteiger partial charge in [0, 0.05) is 46.5 Å². The summed E-state index contributed by atoms with van der Waals surface area (Å²) >= 11 is 0. The van der Waals surface area contributed by atoms with Crippen LogP contribution in [0.25, 0.3) is 27.8 Å². The summed E-state index contributed by atoms with van der Waals surface area (Å²) < 4.78 is 18.0. The fraction of sp³-hybridized carbons (Fsp3) is 0.118. The number of aromatic nitrogens is 7. The van der Waals surface area contributed by atoms with Crippen molar-refractivity contribution in [3.05, 3.63) is 119 Å². The maximum absolute atomic E-state index is 14.3. The van der Waals surface area contributed by atoms with Gasteiger partial charge in [-0.25, -0.2) is 19.2 Å². The van der Waals surface area contributed by atoms with Gasteiger partial charge >= 0.3 is 0 Å². The average molecular weight is 659 g/mol. The molecule has 240 valence electrons. The van der Waals surface area contributed by atoms with Gasteiger partial charge in [0.25, 0.3) is 11.5 Å². The lowest BCUT2D eigenvalue weighted by Gasteiger charge is -2.20. The van der Waals surface area contributed by atoms with Crippen LogP contribution in [0.2, 0.25) is 0 Å². The highest BCUT2D eigenvalue weighted by atomic mass is 32.2. The van der Waals surface area contributed by atoms with Gasteiger partial charge in [-0.05, 0) is 43.1 Å². The van der Waals surface area contributed by atoms with Gasteiger partial charge in [-0.2, -0.15) is 5.10 Å². The summed E-state index contributed by atoms with van der Waals surface area (Å²) in [6, 6.07) is 15.2. The monoisotopic (exact) mass is 658 g/mol. The zero-order chi connectivity index (χ0) is 34.0. The molecule has 0 aliphatic carbocycles. The molecule has 0 bridgehead atoms. The number of nitrogen functional groups attached to an aromatic ring is 1. The molecule has 13 nitrogen and oxygen atoms in total. The largest absolute Gasteiger partial charge is 0.382 e. The van der Waals surface area contributed by atoms with Crippen molar-refractivity contribution in [2.24, 2.45) is 7.05 Å².